The molecule has 1 aromatic heterocycles. The molecule has 1 unspecified atom stereocenters. The van der Waals surface area contributed by atoms with Crippen molar-refractivity contribution in [3.05, 3.63) is 47.8 Å². The minimum absolute atomic E-state index is 0.119. The van der Waals surface area contributed by atoms with E-state index in [9.17, 15) is 4.79 Å². The topological polar surface area (TPSA) is 46.9 Å². The molecule has 0 spiro atoms. The number of rotatable bonds is 5. The summed E-state index contributed by atoms with van der Waals surface area (Å²) in [5.74, 6) is 1.16. The summed E-state index contributed by atoms with van der Waals surface area (Å²) in [6.07, 6.45) is 6.56. The number of nitrogens with zero attached hydrogens (tertiary/aromatic N) is 2. The summed E-state index contributed by atoms with van der Waals surface area (Å²) in [5.41, 5.74) is 2.73. The van der Waals surface area contributed by atoms with Gasteiger partial charge in [0, 0.05) is 37.7 Å². The molecule has 0 fully saturated rings. The van der Waals surface area contributed by atoms with Crippen LogP contribution in [0.2, 0.25) is 0 Å². The van der Waals surface area contributed by atoms with Gasteiger partial charge >= 0.3 is 0 Å². The van der Waals surface area contributed by atoms with Crippen molar-refractivity contribution in [2.75, 3.05) is 12.3 Å². The summed E-state index contributed by atoms with van der Waals surface area (Å²) in [5, 5.41) is 4.06. The van der Waals surface area contributed by atoms with Gasteiger partial charge < -0.3 is 9.88 Å². The molecule has 0 bridgehead atoms. The highest BCUT2D eigenvalue weighted by molar-refractivity contribution is 7.99. The Labute approximate surface area is 135 Å². The molecule has 1 aliphatic rings. The zero-order chi connectivity index (χ0) is 15.4. The number of imidazole rings is 1. The van der Waals surface area contributed by atoms with E-state index in [-0.39, 0.29) is 11.8 Å². The third-order valence-electron chi connectivity index (χ3n) is 4.13. The Morgan fingerprint density at radius 3 is 3.00 bits per heavy atom. The summed E-state index contributed by atoms with van der Waals surface area (Å²) in [7, 11) is 1.98. The smallest absolute Gasteiger partial charge is 0.223 e. The van der Waals surface area contributed by atoms with E-state index in [0.29, 0.717) is 6.54 Å². The van der Waals surface area contributed by atoms with E-state index >= 15 is 0 Å². The Kier molecular flexibility index (Phi) is 4.83. The number of aromatic nitrogens is 2. The Morgan fingerprint density at radius 2 is 2.23 bits per heavy atom. The van der Waals surface area contributed by atoms with Crippen LogP contribution in [0.25, 0.3) is 0 Å². The molecule has 3 rings (SSSR count). The second-order valence-electron chi connectivity index (χ2n) is 5.67. The number of carbonyl (C=O) groups excluding carboxylic acids is 1. The summed E-state index contributed by atoms with van der Waals surface area (Å²) < 4.78 is 1.99. The molecule has 0 aliphatic heterocycles. The molecule has 116 valence electrons. The number of amides is 1. The molecular formula is C17H21N3OS. The van der Waals surface area contributed by atoms with E-state index in [1.165, 1.54) is 11.1 Å². The molecule has 1 heterocycles. The fraction of sp³-hybridized carbons (Fsp3) is 0.412. The van der Waals surface area contributed by atoms with E-state index in [1.54, 1.807) is 18.0 Å². The summed E-state index contributed by atoms with van der Waals surface area (Å²) in [4.78, 5) is 16.6. The maximum Gasteiger partial charge on any atom is 0.223 e. The van der Waals surface area contributed by atoms with Crippen molar-refractivity contribution in [1.82, 2.24) is 14.9 Å². The van der Waals surface area contributed by atoms with Gasteiger partial charge in [-0.2, -0.15) is 0 Å². The van der Waals surface area contributed by atoms with Crippen LogP contribution in [0, 0.1) is 5.92 Å². The maximum absolute atomic E-state index is 12.3. The first kappa shape index (κ1) is 15.2. The van der Waals surface area contributed by atoms with Crippen LogP contribution in [0.4, 0.5) is 0 Å². The van der Waals surface area contributed by atoms with Crippen molar-refractivity contribution in [1.29, 1.82) is 0 Å². The lowest BCUT2D eigenvalue weighted by molar-refractivity contribution is -0.125. The van der Waals surface area contributed by atoms with Crippen LogP contribution < -0.4 is 5.32 Å². The molecule has 22 heavy (non-hydrogen) atoms. The third kappa shape index (κ3) is 3.53. The Morgan fingerprint density at radius 1 is 1.41 bits per heavy atom. The number of thioether (sulfide) groups is 1. The van der Waals surface area contributed by atoms with E-state index in [4.69, 9.17) is 0 Å². The van der Waals surface area contributed by atoms with Crippen LogP contribution in [0.5, 0.6) is 0 Å². The van der Waals surface area contributed by atoms with Gasteiger partial charge in [0.1, 0.15) is 0 Å². The second-order valence-corrected chi connectivity index (χ2v) is 6.73. The monoisotopic (exact) mass is 315 g/mol. The fourth-order valence-electron chi connectivity index (χ4n) is 2.87. The maximum atomic E-state index is 12.3. The quantitative estimate of drug-likeness (QED) is 0.681. The van der Waals surface area contributed by atoms with Crippen molar-refractivity contribution in [3.8, 4) is 0 Å². The number of hydrogen-bond acceptors (Lipinski definition) is 3. The Balaban J connectivity index is 1.44. The number of carbonyl (C=O) groups is 1. The van der Waals surface area contributed by atoms with Crippen LogP contribution in [0.15, 0.2) is 41.8 Å². The summed E-state index contributed by atoms with van der Waals surface area (Å²) in [6, 6.07) is 8.45. The molecule has 1 atom stereocenters. The molecule has 0 saturated heterocycles. The zero-order valence-electron chi connectivity index (χ0n) is 12.8. The van der Waals surface area contributed by atoms with Crippen LogP contribution >= 0.6 is 11.8 Å². The van der Waals surface area contributed by atoms with Gasteiger partial charge in [0.2, 0.25) is 5.91 Å². The molecule has 0 saturated carbocycles. The van der Waals surface area contributed by atoms with Gasteiger partial charge in [-0.25, -0.2) is 4.98 Å². The van der Waals surface area contributed by atoms with Crippen molar-refractivity contribution in [2.24, 2.45) is 13.0 Å². The predicted molar refractivity (Wildman–Crippen MR) is 88.9 cm³/mol. The normalized spacial score (nSPS) is 17.0. The van der Waals surface area contributed by atoms with Gasteiger partial charge in [0.15, 0.2) is 5.16 Å². The van der Waals surface area contributed by atoms with Crippen molar-refractivity contribution in [3.63, 3.8) is 0 Å². The van der Waals surface area contributed by atoms with E-state index in [2.05, 4.69) is 34.6 Å². The molecule has 5 heteroatoms. The van der Waals surface area contributed by atoms with Crippen molar-refractivity contribution in [2.45, 2.75) is 24.4 Å². The van der Waals surface area contributed by atoms with Crippen LogP contribution in [-0.2, 0) is 24.7 Å². The first-order chi connectivity index (χ1) is 10.7. The molecule has 0 radical (unpaired) electrons. The van der Waals surface area contributed by atoms with Crippen molar-refractivity contribution >= 4 is 17.7 Å². The predicted octanol–water partition coefficient (Wildman–Crippen LogP) is 2.43. The van der Waals surface area contributed by atoms with Gasteiger partial charge in [-0.1, -0.05) is 36.0 Å². The lowest BCUT2D eigenvalue weighted by Gasteiger charge is -2.23. The average molecular weight is 315 g/mol. The molecule has 2 aromatic rings. The third-order valence-corrected chi connectivity index (χ3v) is 5.19. The Hall–Kier alpha value is -1.75. The zero-order valence-corrected chi connectivity index (χ0v) is 13.6. The number of fused-ring (bicyclic) bond motifs is 1. The summed E-state index contributed by atoms with van der Waals surface area (Å²) in [6.45, 7) is 0.689. The lowest BCUT2D eigenvalue weighted by atomic mass is 9.83. The largest absolute Gasteiger partial charge is 0.355 e. The highest BCUT2D eigenvalue weighted by atomic mass is 32.2. The number of aryl methyl sites for hydroxylation is 2. The first-order valence-corrected chi connectivity index (χ1v) is 8.67. The van der Waals surface area contributed by atoms with Gasteiger partial charge in [-0.05, 0) is 30.4 Å². The lowest BCUT2D eigenvalue weighted by Crippen LogP contribution is -2.35. The summed E-state index contributed by atoms with van der Waals surface area (Å²) >= 11 is 1.67. The van der Waals surface area contributed by atoms with Gasteiger partial charge in [0.05, 0.1) is 0 Å². The van der Waals surface area contributed by atoms with Gasteiger partial charge in [-0.3, -0.25) is 4.79 Å². The highest BCUT2D eigenvalue weighted by Crippen LogP contribution is 2.25. The second kappa shape index (κ2) is 7.01. The van der Waals surface area contributed by atoms with E-state index in [1.807, 2.05) is 17.8 Å². The minimum atomic E-state index is 0.119. The molecule has 1 aromatic carbocycles. The number of nitrogens with one attached hydrogen (secondary N) is 1. The van der Waals surface area contributed by atoms with Crippen LogP contribution in [0.1, 0.15) is 17.5 Å². The molecule has 1 N–H and O–H groups in total. The van der Waals surface area contributed by atoms with Crippen molar-refractivity contribution < 1.29 is 4.79 Å². The van der Waals surface area contributed by atoms with Gasteiger partial charge in [-0.15, -0.1) is 0 Å². The highest BCUT2D eigenvalue weighted by Gasteiger charge is 2.23. The molecular weight excluding hydrogens is 294 g/mol. The fourth-order valence-corrected chi connectivity index (χ4v) is 3.66. The minimum Gasteiger partial charge on any atom is -0.355 e. The molecule has 1 aliphatic carbocycles. The SMILES string of the molecule is Cn1ccnc1SCCNC(=O)C1CCc2ccccc2C1. The molecule has 1 amide bonds. The Bertz CT molecular complexity index is 653. The standard InChI is InChI=1S/C17H21N3OS/c1-20-10-8-19-17(20)22-11-9-18-16(21)15-7-6-13-4-2-3-5-14(13)12-15/h2-5,8,10,15H,6-7,9,11-12H2,1H3,(H,18,21). The van der Waals surface area contributed by atoms with Gasteiger partial charge in [0.25, 0.3) is 0 Å². The number of hydrogen-bond donors (Lipinski definition) is 1. The van der Waals surface area contributed by atoms with E-state index < -0.39 is 0 Å². The average Bonchev–Trinajstić information content (AvgIpc) is 2.96. The van der Waals surface area contributed by atoms with Crippen LogP contribution in [0.3, 0.4) is 0 Å². The van der Waals surface area contributed by atoms with E-state index in [0.717, 1.165) is 30.2 Å². The first-order valence-electron chi connectivity index (χ1n) is 7.68. The van der Waals surface area contributed by atoms with Crippen LogP contribution in [-0.4, -0.2) is 27.8 Å². The number of benzene rings is 1. The molecule has 4 nitrogen and oxygen atoms in total.